The number of aromatic nitrogens is 1. The zero-order valence-corrected chi connectivity index (χ0v) is 15.8. The van der Waals surface area contributed by atoms with Crippen LogP contribution in [-0.2, 0) is 23.1 Å². The van der Waals surface area contributed by atoms with Gasteiger partial charge in [-0.2, -0.15) is 4.31 Å². The first-order valence-electron chi connectivity index (χ1n) is 7.75. The van der Waals surface area contributed by atoms with Gasteiger partial charge in [-0.25, -0.2) is 8.42 Å². The van der Waals surface area contributed by atoms with Crippen LogP contribution in [0.3, 0.4) is 0 Å². The molecule has 0 aliphatic rings. The van der Waals surface area contributed by atoms with Crippen molar-refractivity contribution in [2.24, 2.45) is 0 Å². The quantitative estimate of drug-likeness (QED) is 0.603. The summed E-state index contributed by atoms with van der Waals surface area (Å²) < 4.78 is 28.6. The number of halogens is 1. The fourth-order valence-corrected chi connectivity index (χ4v) is 4.12. The van der Waals surface area contributed by atoms with E-state index >= 15 is 0 Å². The number of sulfonamides is 1. The van der Waals surface area contributed by atoms with Crippen LogP contribution in [0.15, 0.2) is 88.4 Å². The fraction of sp³-hybridized carbons (Fsp3) is 0.105. The molecule has 2 aromatic carbocycles. The van der Waals surface area contributed by atoms with Crippen molar-refractivity contribution in [3.63, 3.8) is 0 Å². The van der Waals surface area contributed by atoms with Crippen LogP contribution in [0.2, 0.25) is 0 Å². The molecule has 128 valence electrons. The van der Waals surface area contributed by atoms with Crippen molar-refractivity contribution in [2.75, 3.05) is 0 Å². The molecule has 0 saturated carbocycles. The summed E-state index contributed by atoms with van der Waals surface area (Å²) in [7, 11) is -3.63. The van der Waals surface area contributed by atoms with E-state index in [1.54, 1.807) is 36.5 Å². The number of pyridine rings is 1. The van der Waals surface area contributed by atoms with Gasteiger partial charge in [0.25, 0.3) is 0 Å². The van der Waals surface area contributed by atoms with Crippen molar-refractivity contribution in [3.05, 3.63) is 94.7 Å². The lowest BCUT2D eigenvalue weighted by Crippen LogP contribution is -2.30. The molecule has 0 spiro atoms. The molecular weight excluding hydrogens is 400 g/mol. The second-order valence-electron chi connectivity index (χ2n) is 5.53. The maximum Gasteiger partial charge on any atom is 0.243 e. The molecule has 3 rings (SSSR count). The summed E-state index contributed by atoms with van der Waals surface area (Å²) in [6.45, 7) is 0.495. The van der Waals surface area contributed by atoms with Crippen LogP contribution in [0, 0.1) is 0 Å². The average Bonchev–Trinajstić information content (AvgIpc) is 2.64. The van der Waals surface area contributed by atoms with Crippen LogP contribution in [0.1, 0.15) is 11.3 Å². The van der Waals surface area contributed by atoms with Crippen LogP contribution < -0.4 is 0 Å². The van der Waals surface area contributed by atoms with E-state index in [0.717, 1.165) is 10.0 Å². The van der Waals surface area contributed by atoms with Crippen molar-refractivity contribution in [1.29, 1.82) is 0 Å². The third-order valence-electron chi connectivity index (χ3n) is 3.72. The van der Waals surface area contributed by atoms with Gasteiger partial charge in [-0.15, -0.1) is 0 Å². The van der Waals surface area contributed by atoms with E-state index in [0.29, 0.717) is 5.69 Å². The molecule has 0 fully saturated rings. The Morgan fingerprint density at radius 2 is 1.52 bits per heavy atom. The molecule has 0 amide bonds. The van der Waals surface area contributed by atoms with Gasteiger partial charge >= 0.3 is 0 Å². The van der Waals surface area contributed by atoms with E-state index in [2.05, 4.69) is 20.9 Å². The minimum atomic E-state index is -3.63. The average molecular weight is 417 g/mol. The van der Waals surface area contributed by atoms with Gasteiger partial charge in [0.2, 0.25) is 10.0 Å². The molecule has 0 saturated heterocycles. The Morgan fingerprint density at radius 3 is 2.16 bits per heavy atom. The summed E-state index contributed by atoms with van der Waals surface area (Å²) in [4.78, 5) is 4.55. The molecule has 1 aromatic heterocycles. The highest BCUT2D eigenvalue weighted by molar-refractivity contribution is 9.10. The predicted octanol–water partition coefficient (Wildman–Crippen LogP) is 4.24. The highest BCUT2D eigenvalue weighted by atomic mass is 79.9. The number of rotatable bonds is 6. The van der Waals surface area contributed by atoms with E-state index in [1.165, 1.54) is 4.31 Å². The second kappa shape index (κ2) is 7.91. The molecule has 0 aliphatic carbocycles. The smallest absolute Gasteiger partial charge is 0.243 e. The Morgan fingerprint density at radius 1 is 0.840 bits per heavy atom. The van der Waals surface area contributed by atoms with Crippen LogP contribution in [-0.4, -0.2) is 17.7 Å². The lowest BCUT2D eigenvalue weighted by Gasteiger charge is -2.22. The molecule has 3 aromatic rings. The van der Waals surface area contributed by atoms with E-state index in [1.807, 2.05) is 42.5 Å². The molecule has 0 unspecified atom stereocenters. The Balaban J connectivity index is 1.95. The zero-order chi connectivity index (χ0) is 17.7. The molecule has 0 radical (unpaired) electrons. The summed E-state index contributed by atoms with van der Waals surface area (Å²) in [5.74, 6) is 0. The molecule has 0 N–H and O–H groups in total. The molecule has 25 heavy (non-hydrogen) atoms. The highest BCUT2D eigenvalue weighted by Gasteiger charge is 2.25. The highest BCUT2D eigenvalue weighted by Crippen LogP contribution is 2.21. The first-order valence-corrected chi connectivity index (χ1v) is 9.98. The van der Waals surface area contributed by atoms with Crippen molar-refractivity contribution in [3.8, 4) is 0 Å². The fourth-order valence-electron chi connectivity index (χ4n) is 2.43. The summed E-state index contributed by atoms with van der Waals surface area (Å²) >= 11 is 3.40. The second-order valence-corrected chi connectivity index (χ2v) is 8.39. The Labute approximate surface area is 156 Å². The van der Waals surface area contributed by atoms with Gasteiger partial charge in [0, 0.05) is 17.2 Å². The molecule has 0 bridgehead atoms. The van der Waals surface area contributed by atoms with Crippen LogP contribution >= 0.6 is 15.9 Å². The number of nitrogens with zero attached hydrogens (tertiary/aromatic N) is 2. The maximum atomic E-state index is 13.1. The van der Waals surface area contributed by atoms with Crippen LogP contribution in [0.5, 0.6) is 0 Å². The van der Waals surface area contributed by atoms with Gasteiger partial charge in [-0.05, 0) is 42.0 Å². The lowest BCUT2D eigenvalue weighted by molar-refractivity contribution is 0.397. The van der Waals surface area contributed by atoms with Gasteiger partial charge in [-0.1, -0.05) is 52.3 Å². The first-order chi connectivity index (χ1) is 12.1. The topological polar surface area (TPSA) is 50.3 Å². The van der Waals surface area contributed by atoms with E-state index in [4.69, 9.17) is 0 Å². The van der Waals surface area contributed by atoms with Gasteiger partial charge in [0.1, 0.15) is 0 Å². The van der Waals surface area contributed by atoms with Crippen LogP contribution in [0.25, 0.3) is 0 Å². The van der Waals surface area contributed by atoms with E-state index in [-0.39, 0.29) is 18.0 Å². The molecule has 0 atom stereocenters. The van der Waals surface area contributed by atoms with Crippen molar-refractivity contribution in [1.82, 2.24) is 9.29 Å². The Kier molecular flexibility index (Phi) is 5.63. The number of hydrogen-bond acceptors (Lipinski definition) is 3. The molecule has 6 heteroatoms. The van der Waals surface area contributed by atoms with Crippen molar-refractivity contribution in [2.45, 2.75) is 18.0 Å². The van der Waals surface area contributed by atoms with E-state index in [9.17, 15) is 8.42 Å². The molecular formula is C19H17BrN2O2S. The third kappa shape index (κ3) is 4.54. The minimum absolute atomic E-state index is 0.216. The molecule has 1 heterocycles. The summed E-state index contributed by atoms with van der Waals surface area (Å²) in [6, 6.07) is 21.6. The Hall–Kier alpha value is -2.02. The van der Waals surface area contributed by atoms with Gasteiger partial charge in [-0.3, -0.25) is 4.98 Å². The predicted molar refractivity (Wildman–Crippen MR) is 101 cm³/mol. The lowest BCUT2D eigenvalue weighted by atomic mass is 10.2. The maximum absolute atomic E-state index is 13.1. The van der Waals surface area contributed by atoms with Crippen molar-refractivity contribution >= 4 is 26.0 Å². The first kappa shape index (κ1) is 17.8. The number of benzene rings is 2. The largest absolute Gasteiger partial charge is 0.260 e. The number of hydrogen-bond donors (Lipinski definition) is 0. The summed E-state index contributed by atoms with van der Waals surface area (Å²) in [5, 5.41) is 0. The van der Waals surface area contributed by atoms with Gasteiger partial charge in [0.05, 0.1) is 17.1 Å². The zero-order valence-electron chi connectivity index (χ0n) is 13.4. The minimum Gasteiger partial charge on any atom is -0.260 e. The van der Waals surface area contributed by atoms with E-state index < -0.39 is 10.0 Å². The Bertz CT molecular complexity index is 915. The standard InChI is InChI=1S/C19H17BrN2O2S/c20-17-11-9-16(10-12-17)14-22(15-18-6-4-5-13-21-18)25(23,24)19-7-2-1-3-8-19/h1-13H,14-15H2. The summed E-state index contributed by atoms with van der Waals surface area (Å²) in [5.41, 5.74) is 1.62. The normalized spacial score (nSPS) is 11.6. The SMILES string of the molecule is O=S(=O)(c1ccccc1)N(Cc1ccc(Br)cc1)Cc1ccccn1. The third-order valence-corrected chi connectivity index (χ3v) is 6.05. The van der Waals surface area contributed by atoms with Gasteiger partial charge < -0.3 is 0 Å². The van der Waals surface area contributed by atoms with Crippen LogP contribution in [0.4, 0.5) is 0 Å². The monoisotopic (exact) mass is 416 g/mol. The van der Waals surface area contributed by atoms with Crippen molar-refractivity contribution < 1.29 is 8.42 Å². The van der Waals surface area contributed by atoms with Gasteiger partial charge in [0.15, 0.2) is 0 Å². The molecule has 4 nitrogen and oxygen atoms in total. The summed E-state index contributed by atoms with van der Waals surface area (Å²) in [6.07, 6.45) is 1.67. The molecule has 0 aliphatic heterocycles.